The monoisotopic (exact) mass is 304 g/mol. The fraction of sp³-hybridized carbons (Fsp3) is 1.00. The minimum absolute atomic E-state index is 0.0789. The minimum atomic E-state index is -3.38. The molecule has 1 heterocycles. The molecule has 0 atom stereocenters. The molecule has 1 aliphatic carbocycles. The molecule has 1 saturated heterocycles. The van der Waals surface area contributed by atoms with Gasteiger partial charge in [0.1, 0.15) is 0 Å². The molecule has 0 aromatic heterocycles. The van der Waals surface area contributed by atoms with E-state index in [1.807, 2.05) is 0 Å². The summed E-state index contributed by atoms with van der Waals surface area (Å²) in [5.74, 6) is 0. The molecule has 0 aromatic rings. The molecular formula is C14H28N2O3S. The van der Waals surface area contributed by atoms with E-state index >= 15 is 0 Å². The topological polar surface area (TPSA) is 69.6 Å². The van der Waals surface area contributed by atoms with Crippen LogP contribution in [0.15, 0.2) is 0 Å². The largest absolute Gasteiger partial charge is 0.396 e. The van der Waals surface area contributed by atoms with Gasteiger partial charge < -0.3 is 5.11 Å². The van der Waals surface area contributed by atoms with Crippen LogP contribution in [0, 0.1) is 5.41 Å². The highest BCUT2D eigenvalue weighted by Gasteiger charge is 2.33. The lowest BCUT2D eigenvalue weighted by atomic mass is 9.75. The zero-order chi connectivity index (χ0) is 14.5. The Labute approximate surface area is 122 Å². The molecule has 118 valence electrons. The number of hydrogen-bond donors (Lipinski definition) is 2. The summed E-state index contributed by atoms with van der Waals surface area (Å²) in [6.07, 6.45) is 9.36. The van der Waals surface area contributed by atoms with Crippen molar-refractivity contribution in [2.45, 2.75) is 57.8 Å². The van der Waals surface area contributed by atoms with E-state index in [0.717, 1.165) is 51.4 Å². The second-order valence-corrected chi connectivity index (χ2v) is 8.11. The van der Waals surface area contributed by atoms with Gasteiger partial charge in [-0.3, -0.25) is 0 Å². The first-order chi connectivity index (χ1) is 9.58. The Hall–Kier alpha value is -0.170. The number of aliphatic hydroxyl groups excluding tert-OH is 1. The third kappa shape index (κ3) is 4.16. The number of rotatable bonds is 5. The summed E-state index contributed by atoms with van der Waals surface area (Å²) in [7, 11) is -3.38. The van der Waals surface area contributed by atoms with Crippen molar-refractivity contribution in [3.05, 3.63) is 0 Å². The third-order valence-corrected chi connectivity index (χ3v) is 6.34. The summed E-state index contributed by atoms with van der Waals surface area (Å²) in [6.45, 7) is 1.71. The maximum Gasteiger partial charge on any atom is 0.279 e. The van der Waals surface area contributed by atoms with Crippen molar-refractivity contribution in [2.24, 2.45) is 5.41 Å². The van der Waals surface area contributed by atoms with E-state index < -0.39 is 10.2 Å². The molecule has 20 heavy (non-hydrogen) atoms. The minimum Gasteiger partial charge on any atom is -0.396 e. The maximum absolute atomic E-state index is 12.4. The summed E-state index contributed by atoms with van der Waals surface area (Å²) in [4.78, 5) is 0. The van der Waals surface area contributed by atoms with Gasteiger partial charge in [0.25, 0.3) is 10.2 Å². The van der Waals surface area contributed by atoms with Crippen molar-refractivity contribution in [2.75, 3.05) is 26.2 Å². The molecule has 1 aliphatic heterocycles. The van der Waals surface area contributed by atoms with Crippen LogP contribution in [0.25, 0.3) is 0 Å². The molecule has 1 saturated carbocycles. The molecule has 2 rings (SSSR count). The summed E-state index contributed by atoms with van der Waals surface area (Å²) in [5, 5.41) is 9.65. The van der Waals surface area contributed by atoms with Crippen LogP contribution in [-0.2, 0) is 10.2 Å². The Bertz CT molecular complexity index is 383. The fourth-order valence-corrected chi connectivity index (χ4v) is 4.72. The van der Waals surface area contributed by atoms with Crippen molar-refractivity contribution in [3.63, 3.8) is 0 Å². The van der Waals surface area contributed by atoms with Gasteiger partial charge in [-0.2, -0.15) is 12.7 Å². The Balaban J connectivity index is 1.93. The van der Waals surface area contributed by atoms with Crippen LogP contribution in [0.2, 0.25) is 0 Å². The summed E-state index contributed by atoms with van der Waals surface area (Å²) < 4.78 is 29.1. The highest BCUT2D eigenvalue weighted by atomic mass is 32.2. The average molecular weight is 304 g/mol. The van der Waals surface area contributed by atoms with E-state index in [0.29, 0.717) is 19.6 Å². The zero-order valence-corrected chi connectivity index (χ0v) is 13.1. The number of hydrogen-bond acceptors (Lipinski definition) is 3. The van der Waals surface area contributed by atoms with Crippen molar-refractivity contribution in [1.29, 1.82) is 0 Å². The van der Waals surface area contributed by atoms with Gasteiger partial charge in [0.2, 0.25) is 0 Å². The van der Waals surface area contributed by atoms with Crippen LogP contribution in [-0.4, -0.2) is 44.1 Å². The van der Waals surface area contributed by atoms with E-state index in [-0.39, 0.29) is 12.0 Å². The molecule has 2 fully saturated rings. The smallest absolute Gasteiger partial charge is 0.279 e. The van der Waals surface area contributed by atoms with E-state index in [1.54, 1.807) is 4.31 Å². The maximum atomic E-state index is 12.4. The molecule has 0 spiro atoms. The Kier molecular flexibility index (Phi) is 5.84. The predicted octanol–water partition coefficient (Wildman–Crippen LogP) is 1.64. The molecule has 0 bridgehead atoms. The number of nitrogens with one attached hydrogen (secondary N) is 1. The van der Waals surface area contributed by atoms with Crippen molar-refractivity contribution in [3.8, 4) is 0 Å². The molecule has 0 radical (unpaired) electrons. The van der Waals surface area contributed by atoms with Crippen LogP contribution in [0.3, 0.4) is 0 Å². The van der Waals surface area contributed by atoms with Crippen molar-refractivity contribution in [1.82, 2.24) is 9.03 Å². The summed E-state index contributed by atoms with van der Waals surface area (Å²) >= 11 is 0. The highest BCUT2D eigenvalue weighted by Crippen LogP contribution is 2.35. The highest BCUT2D eigenvalue weighted by molar-refractivity contribution is 7.87. The summed E-state index contributed by atoms with van der Waals surface area (Å²) in [6, 6.07) is 0. The standard InChI is InChI=1S/C14H28N2O3S/c17-13-14(8-4-3-5-9-14)12-15-20(18,19)16-10-6-1-2-7-11-16/h15,17H,1-13H2. The Morgan fingerprint density at radius 3 is 2.05 bits per heavy atom. The lowest BCUT2D eigenvalue weighted by Gasteiger charge is -2.36. The van der Waals surface area contributed by atoms with Crippen LogP contribution >= 0.6 is 0 Å². The Morgan fingerprint density at radius 2 is 1.50 bits per heavy atom. The first-order valence-corrected chi connectivity index (χ1v) is 9.38. The molecule has 0 amide bonds. The van der Waals surface area contributed by atoms with Crippen LogP contribution in [0.4, 0.5) is 0 Å². The van der Waals surface area contributed by atoms with Gasteiger partial charge in [0, 0.05) is 31.7 Å². The van der Waals surface area contributed by atoms with E-state index in [9.17, 15) is 13.5 Å². The first-order valence-electron chi connectivity index (χ1n) is 7.94. The summed E-state index contributed by atoms with van der Waals surface area (Å²) in [5.41, 5.74) is -0.239. The van der Waals surface area contributed by atoms with Crippen LogP contribution in [0.1, 0.15) is 57.8 Å². The lowest BCUT2D eigenvalue weighted by molar-refractivity contribution is 0.0863. The molecule has 2 N–H and O–H groups in total. The first kappa shape index (κ1) is 16.2. The van der Waals surface area contributed by atoms with E-state index in [4.69, 9.17) is 0 Å². The number of aliphatic hydroxyl groups is 1. The van der Waals surface area contributed by atoms with Crippen molar-refractivity contribution < 1.29 is 13.5 Å². The number of nitrogens with zero attached hydrogens (tertiary/aromatic N) is 1. The third-order valence-electron chi connectivity index (χ3n) is 4.78. The van der Waals surface area contributed by atoms with Gasteiger partial charge in [-0.15, -0.1) is 0 Å². The SMILES string of the molecule is O=S(=O)(NCC1(CO)CCCCC1)N1CCCCCC1. The molecule has 0 unspecified atom stereocenters. The molecule has 2 aliphatic rings. The predicted molar refractivity (Wildman–Crippen MR) is 79.6 cm³/mol. The molecule has 6 heteroatoms. The van der Waals surface area contributed by atoms with E-state index in [2.05, 4.69) is 4.72 Å². The van der Waals surface area contributed by atoms with Gasteiger partial charge in [-0.05, 0) is 25.7 Å². The Morgan fingerprint density at radius 1 is 0.950 bits per heavy atom. The second-order valence-electron chi connectivity index (χ2n) is 6.36. The van der Waals surface area contributed by atoms with Gasteiger partial charge >= 0.3 is 0 Å². The fourth-order valence-electron chi connectivity index (χ4n) is 3.31. The van der Waals surface area contributed by atoms with Gasteiger partial charge in [-0.25, -0.2) is 4.72 Å². The quantitative estimate of drug-likeness (QED) is 0.811. The lowest BCUT2D eigenvalue weighted by Crippen LogP contribution is -2.47. The van der Waals surface area contributed by atoms with Crippen LogP contribution in [0.5, 0.6) is 0 Å². The second kappa shape index (κ2) is 7.20. The van der Waals surface area contributed by atoms with Crippen molar-refractivity contribution >= 4 is 10.2 Å². The molecule has 5 nitrogen and oxygen atoms in total. The van der Waals surface area contributed by atoms with Gasteiger partial charge in [0.05, 0.1) is 0 Å². The molecule has 0 aromatic carbocycles. The average Bonchev–Trinajstić information content (AvgIpc) is 2.76. The van der Waals surface area contributed by atoms with Gasteiger partial charge in [0.15, 0.2) is 0 Å². The normalized spacial score (nSPS) is 25.2. The van der Waals surface area contributed by atoms with E-state index in [1.165, 1.54) is 6.42 Å². The molecular weight excluding hydrogens is 276 g/mol. The van der Waals surface area contributed by atoms with Crippen LogP contribution < -0.4 is 4.72 Å². The van der Waals surface area contributed by atoms with Gasteiger partial charge in [-0.1, -0.05) is 32.1 Å². The zero-order valence-electron chi connectivity index (χ0n) is 12.3.